The summed E-state index contributed by atoms with van der Waals surface area (Å²) in [6.07, 6.45) is 5.32. The second-order valence-electron chi connectivity index (χ2n) is 7.73. The fourth-order valence-corrected chi connectivity index (χ4v) is 3.68. The summed E-state index contributed by atoms with van der Waals surface area (Å²) in [7, 11) is 0. The van der Waals surface area contributed by atoms with Gasteiger partial charge in [-0.2, -0.15) is 5.10 Å². The van der Waals surface area contributed by atoms with Crippen molar-refractivity contribution in [1.29, 1.82) is 0 Å². The highest BCUT2D eigenvalue weighted by Crippen LogP contribution is 2.25. The predicted molar refractivity (Wildman–Crippen MR) is 130 cm³/mol. The average molecular weight is 449 g/mol. The van der Waals surface area contributed by atoms with E-state index in [9.17, 15) is 9.18 Å². The van der Waals surface area contributed by atoms with Crippen LogP contribution in [0.2, 0.25) is 0 Å². The highest BCUT2D eigenvalue weighted by Gasteiger charge is 2.14. The zero-order valence-corrected chi connectivity index (χ0v) is 18.3. The second-order valence-corrected chi connectivity index (χ2v) is 7.73. The highest BCUT2D eigenvalue weighted by molar-refractivity contribution is 6.08. The number of amides is 1. The number of nitrogens with zero attached hydrogens (tertiary/aromatic N) is 4. The Morgan fingerprint density at radius 1 is 1.00 bits per heavy atom. The molecule has 0 fully saturated rings. The minimum Gasteiger partial charge on any atom is -0.306 e. The Bertz CT molecular complexity index is 1490. The Kier molecular flexibility index (Phi) is 5.66. The van der Waals surface area contributed by atoms with Crippen molar-refractivity contribution in [1.82, 2.24) is 20.0 Å². The van der Waals surface area contributed by atoms with Gasteiger partial charge in [-0.1, -0.05) is 30.3 Å². The summed E-state index contributed by atoms with van der Waals surface area (Å²) in [5.74, 6) is -0.679. The predicted octanol–water partition coefficient (Wildman–Crippen LogP) is 5.38. The molecule has 0 atom stereocenters. The number of imidazole rings is 1. The van der Waals surface area contributed by atoms with Crippen molar-refractivity contribution in [2.75, 3.05) is 0 Å². The van der Waals surface area contributed by atoms with Crippen molar-refractivity contribution in [2.45, 2.75) is 6.92 Å². The van der Waals surface area contributed by atoms with Gasteiger partial charge in [-0.05, 0) is 61.0 Å². The van der Waals surface area contributed by atoms with Crippen LogP contribution in [-0.2, 0) is 0 Å². The van der Waals surface area contributed by atoms with E-state index in [0.29, 0.717) is 27.9 Å². The van der Waals surface area contributed by atoms with Crippen molar-refractivity contribution in [3.05, 3.63) is 115 Å². The van der Waals surface area contributed by atoms with Gasteiger partial charge in [-0.15, -0.1) is 0 Å². The normalized spacial score (nSPS) is 11.5. The molecular weight excluding hydrogens is 429 g/mol. The van der Waals surface area contributed by atoms with Gasteiger partial charge in [0.1, 0.15) is 5.82 Å². The summed E-state index contributed by atoms with van der Waals surface area (Å²) in [6.45, 7) is 1.83. The van der Waals surface area contributed by atoms with Gasteiger partial charge in [0.2, 0.25) is 0 Å². The molecule has 0 aliphatic heterocycles. The van der Waals surface area contributed by atoms with Crippen molar-refractivity contribution < 1.29 is 9.18 Å². The van der Waals surface area contributed by atoms with Crippen LogP contribution in [0.5, 0.6) is 0 Å². The molecule has 2 aromatic heterocycles. The van der Waals surface area contributed by atoms with E-state index in [0.717, 1.165) is 16.8 Å². The largest absolute Gasteiger partial charge is 0.306 e. The molecule has 5 aromatic rings. The van der Waals surface area contributed by atoms with Gasteiger partial charge in [0.25, 0.3) is 5.91 Å². The average Bonchev–Trinajstić information content (AvgIpc) is 3.42. The number of hydrazone groups is 1. The van der Waals surface area contributed by atoms with Gasteiger partial charge in [0.15, 0.2) is 0 Å². The number of aromatic nitrogens is 3. The second kappa shape index (κ2) is 9.07. The lowest BCUT2D eigenvalue weighted by Crippen LogP contribution is -2.20. The molecular formula is C27H20FN5O. The Hall–Kier alpha value is -4.65. The molecule has 0 saturated heterocycles. The van der Waals surface area contributed by atoms with Crippen molar-refractivity contribution in [3.8, 4) is 16.9 Å². The van der Waals surface area contributed by atoms with Crippen LogP contribution in [0.1, 0.15) is 22.8 Å². The highest BCUT2D eigenvalue weighted by atomic mass is 19.1. The lowest BCUT2D eigenvalue weighted by molar-refractivity contribution is 0.0956. The number of rotatable bonds is 5. The Morgan fingerprint density at radius 3 is 2.50 bits per heavy atom. The molecule has 0 spiro atoms. The van der Waals surface area contributed by atoms with Crippen LogP contribution in [0.25, 0.3) is 27.8 Å². The number of para-hydroxylation sites is 1. The minimum absolute atomic E-state index is 0.328. The van der Waals surface area contributed by atoms with E-state index in [4.69, 9.17) is 0 Å². The third kappa shape index (κ3) is 4.31. The van der Waals surface area contributed by atoms with Gasteiger partial charge in [0, 0.05) is 29.0 Å². The minimum atomic E-state index is -0.351. The summed E-state index contributed by atoms with van der Waals surface area (Å²) >= 11 is 0. The fraction of sp³-hybridized carbons (Fsp3) is 0.0370. The van der Waals surface area contributed by atoms with E-state index in [2.05, 4.69) is 20.5 Å². The van der Waals surface area contributed by atoms with Gasteiger partial charge in [-0.25, -0.2) is 19.8 Å². The topological polar surface area (TPSA) is 72.2 Å². The molecule has 3 aromatic carbocycles. The summed E-state index contributed by atoms with van der Waals surface area (Å²) in [6, 6.07) is 22.9. The SMILES string of the molecule is CC(=NNC(=O)c1cc(-c2ccc(F)cc2)nc2ccccc12)c1ccc(-n2ccnc2)cc1. The summed E-state index contributed by atoms with van der Waals surface area (Å²) in [5, 5.41) is 5.02. The van der Waals surface area contributed by atoms with E-state index < -0.39 is 0 Å². The summed E-state index contributed by atoms with van der Waals surface area (Å²) in [4.78, 5) is 21.8. The number of hydrogen-bond acceptors (Lipinski definition) is 4. The Labute approximate surface area is 195 Å². The molecule has 0 aliphatic carbocycles. The first kappa shape index (κ1) is 21.2. The van der Waals surface area contributed by atoms with Crippen molar-refractivity contribution >= 4 is 22.5 Å². The van der Waals surface area contributed by atoms with Crippen LogP contribution < -0.4 is 5.43 Å². The van der Waals surface area contributed by atoms with E-state index in [-0.39, 0.29) is 11.7 Å². The molecule has 7 heteroatoms. The molecule has 0 radical (unpaired) electrons. The van der Waals surface area contributed by atoms with Crippen LogP contribution in [0, 0.1) is 5.82 Å². The standard InChI is InChI=1S/C27H20FN5O/c1-18(19-8-12-22(13-9-19)33-15-14-29-17-33)31-32-27(34)24-16-26(20-6-10-21(28)11-7-20)30-25-5-3-2-4-23(24)25/h2-17H,1H3,(H,32,34). The molecule has 34 heavy (non-hydrogen) atoms. The molecule has 0 saturated carbocycles. The summed E-state index contributed by atoms with van der Waals surface area (Å²) in [5.41, 5.74) is 7.62. The number of carbonyl (C=O) groups excluding carboxylic acids is 1. The third-order valence-electron chi connectivity index (χ3n) is 5.51. The molecule has 6 nitrogen and oxygen atoms in total. The van der Waals surface area contributed by atoms with E-state index in [1.54, 1.807) is 30.7 Å². The number of carbonyl (C=O) groups is 1. The van der Waals surface area contributed by atoms with Crippen LogP contribution in [0.15, 0.2) is 103 Å². The molecule has 1 amide bonds. The van der Waals surface area contributed by atoms with Gasteiger partial charge in [0.05, 0.1) is 28.8 Å². The van der Waals surface area contributed by atoms with E-state index >= 15 is 0 Å². The number of hydrogen-bond donors (Lipinski definition) is 1. The van der Waals surface area contributed by atoms with Crippen LogP contribution >= 0.6 is 0 Å². The maximum atomic E-state index is 13.4. The first-order valence-corrected chi connectivity index (χ1v) is 10.7. The maximum Gasteiger partial charge on any atom is 0.272 e. The maximum absolute atomic E-state index is 13.4. The molecule has 5 rings (SSSR count). The molecule has 2 heterocycles. The number of pyridine rings is 1. The number of benzene rings is 3. The van der Waals surface area contributed by atoms with E-state index in [1.165, 1.54) is 12.1 Å². The monoisotopic (exact) mass is 449 g/mol. The van der Waals surface area contributed by atoms with Crippen molar-refractivity contribution in [2.24, 2.45) is 5.10 Å². The number of halogens is 1. The lowest BCUT2D eigenvalue weighted by atomic mass is 10.0. The molecule has 0 unspecified atom stereocenters. The number of fused-ring (bicyclic) bond motifs is 1. The van der Waals surface area contributed by atoms with Crippen LogP contribution in [0.4, 0.5) is 4.39 Å². The smallest absolute Gasteiger partial charge is 0.272 e. The molecule has 166 valence electrons. The Balaban J connectivity index is 1.42. The molecule has 1 N–H and O–H groups in total. The van der Waals surface area contributed by atoms with Crippen LogP contribution in [-0.4, -0.2) is 26.2 Å². The number of nitrogens with one attached hydrogen (secondary N) is 1. The van der Waals surface area contributed by atoms with Gasteiger partial charge >= 0.3 is 0 Å². The fourth-order valence-electron chi connectivity index (χ4n) is 3.68. The first-order valence-electron chi connectivity index (χ1n) is 10.7. The Morgan fingerprint density at radius 2 is 1.76 bits per heavy atom. The van der Waals surface area contributed by atoms with Gasteiger partial charge in [-0.3, -0.25) is 4.79 Å². The van der Waals surface area contributed by atoms with E-state index in [1.807, 2.05) is 66.2 Å². The molecule has 0 aliphatic rings. The van der Waals surface area contributed by atoms with Crippen molar-refractivity contribution in [3.63, 3.8) is 0 Å². The summed E-state index contributed by atoms with van der Waals surface area (Å²) < 4.78 is 15.3. The zero-order valence-electron chi connectivity index (χ0n) is 18.3. The first-order chi connectivity index (χ1) is 16.6. The third-order valence-corrected chi connectivity index (χ3v) is 5.51. The lowest BCUT2D eigenvalue weighted by Gasteiger charge is -2.10. The molecule has 0 bridgehead atoms. The quantitative estimate of drug-likeness (QED) is 0.289. The van der Waals surface area contributed by atoms with Gasteiger partial charge < -0.3 is 4.57 Å². The zero-order chi connectivity index (χ0) is 23.5. The van der Waals surface area contributed by atoms with Crippen LogP contribution in [0.3, 0.4) is 0 Å².